The van der Waals surface area contributed by atoms with Gasteiger partial charge < -0.3 is 10.5 Å². The molecule has 1 aliphatic rings. The predicted molar refractivity (Wildman–Crippen MR) is 82.7 cm³/mol. The molecular formula is C17H28N2O. The minimum Gasteiger partial charge on any atom is -0.492 e. The van der Waals surface area contributed by atoms with Crippen LogP contribution in [0, 0.1) is 11.8 Å². The second-order valence-electron chi connectivity index (χ2n) is 6.43. The van der Waals surface area contributed by atoms with Crippen LogP contribution in [-0.2, 0) is 5.54 Å². The first-order valence-electron chi connectivity index (χ1n) is 7.92. The summed E-state index contributed by atoms with van der Waals surface area (Å²) in [7, 11) is 0. The zero-order valence-corrected chi connectivity index (χ0v) is 13.1. The molecule has 2 N–H and O–H groups in total. The maximum absolute atomic E-state index is 6.71. The average molecular weight is 276 g/mol. The van der Waals surface area contributed by atoms with E-state index in [0.29, 0.717) is 6.61 Å². The van der Waals surface area contributed by atoms with Crippen molar-refractivity contribution in [2.24, 2.45) is 17.6 Å². The van der Waals surface area contributed by atoms with Crippen molar-refractivity contribution in [1.29, 1.82) is 0 Å². The first-order valence-corrected chi connectivity index (χ1v) is 7.92. The number of rotatable bonds is 4. The Morgan fingerprint density at radius 1 is 1.35 bits per heavy atom. The molecule has 2 rings (SSSR count). The highest BCUT2D eigenvalue weighted by Crippen LogP contribution is 2.38. The molecule has 1 saturated carbocycles. The maximum atomic E-state index is 6.71. The zero-order valence-electron chi connectivity index (χ0n) is 13.1. The van der Waals surface area contributed by atoms with Gasteiger partial charge in [0.15, 0.2) is 0 Å². The predicted octanol–water partition coefficient (Wildman–Crippen LogP) is 3.87. The number of hydrogen-bond donors (Lipinski definition) is 1. The van der Waals surface area contributed by atoms with Crippen molar-refractivity contribution in [2.45, 2.75) is 58.4 Å². The molecule has 112 valence electrons. The van der Waals surface area contributed by atoms with Crippen molar-refractivity contribution in [2.75, 3.05) is 6.61 Å². The van der Waals surface area contributed by atoms with Gasteiger partial charge in [-0.2, -0.15) is 0 Å². The number of hydrogen-bond acceptors (Lipinski definition) is 3. The maximum Gasteiger partial charge on any atom is 0.137 e. The smallest absolute Gasteiger partial charge is 0.137 e. The summed E-state index contributed by atoms with van der Waals surface area (Å²) in [5, 5.41) is 0. The molecule has 2 unspecified atom stereocenters. The van der Waals surface area contributed by atoms with Gasteiger partial charge in [-0.3, -0.25) is 4.98 Å². The normalized spacial score (nSPS) is 27.4. The fourth-order valence-corrected chi connectivity index (χ4v) is 3.28. The lowest BCUT2D eigenvalue weighted by Crippen LogP contribution is -2.36. The van der Waals surface area contributed by atoms with Crippen LogP contribution in [0.4, 0.5) is 0 Å². The molecule has 3 nitrogen and oxygen atoms in total. The summed E-state index contributed by atoms with van der Waals surface area (Å²) >= 11 is 0. The average Bonchev–Trinajstić information content (AvgIpc) is 2.63. The third-order valence-electron chi connectivity index (χ3n) is 4.70. The Morgan fingerprint density at radius 2 is 2.15 bits per heavy atom. The quantitative estimate of drug-likeness (QED) is 0.849. The van der Waals surface area contributed by atoms with Crippen molar-refractivity contribution < 1.29 is 4.74 Å². The van der Waals surface area contributed by atoms with E-state index in [1.54, 1.807) is 6.20 Å². The summed E-state index contributed by atoms with van der Waals surface area (Å²) in [5.74, 6) is 2.40. The Hall–Kier alpha value is -1.09. The molecular weight excluding hydrogens is 248 g/mol. The van der Waals surface area contributed by atoms with Crippen molar-refractivity contribution in [3.05, 3.63) is 24.0 Å². The van der Waals surface area contributed by atoms with Crippen LogP contribution in [-0.4, -0.2) is 11.6 Å². The molecule has 1 heterocycles. The Kier molecular flexibility index (Phi) is 5.03. The SMILES string of the molecule is CCOc1cncc(C2(N)CCCC(C(C)C)CC2)c1. The summed E-state index contributed by atoms with van der Waals surface area (Å²) in [4.78, 5) is 4.30. The van der Waals surface area contributed by atoms with Crippen LogP contribution in [0.25, 0.3) is 0 Å². The molecule has 0 saturated heterocycles. The molecule has 1 aromatic heterocycles. The van der Waals surface area contributed by atoms with Crippen molar-refractivity contribution in [3.8, 4) is 5.75 Å². The van der Waals surface area contributed by atoms with E-state index in [-0.39, 0.29) is 5.54 Å². The van der Waals surface area contributed by atoms with Crippen LogP contribution in [0.5, 0.6) is 5.75 Å². The minimum atomic E-state index is -0.232. The Labute approximate surface area is 122 Å². The number of ether oxygens (including phenoxy) is 1. The largest absolute Gasteiger partial charge is 0.492 e. The number of nitrogens with two attached hydrogens (primary N) is 1. The molecule has 1 aliphatic carbocycles. The Bertz CT molecular complexity index is 433. The molecule has 0 aliphatic heterocycles. The highest BCUT2D eigenvalue weighted by molar-refractivity contribution is 5.29. The Morgan fingerprint density at radius 3 is 2.85 bits per heavy atom. The van der Waals surface area contributed by atoms with Gasteiger partial charge in [0.1, 0.15) is 5.75 Å². The van der Waals surface area contributed by atoms with E-state index >= 15 is 0 Å². The molecule has 3 heteroatoms. The van der Waals surface area contributed by atoms with Crippen molar-refractivity contribution in [3.63, 3.8) is 0 Å². The third kappa shape index (κ3) is 3.51. The van der Waals surface area contributed by atoms with Crippen molar-refractivity contribution >= 4 is 0 Å². The van der Waals surface area contributed by atoms with E-state index in [4.69, 9.17) is 10.5 Å². The summed E-state index contributed by atoms with van der Waals surface area (Å²) in [6, 6.07) is 2.08. The van der Waals surface area contributed by atoms with E-state index in [2.05, 4.69) is 24.9 Å². The second-order valence-corrected chi connectivity index (χ2v) is 6.43. The van der Waals surface area contributed by atoms with Crippen LogP contribution in [0.3, 0.4) is 0 Å². The Balaban J connectivity index is 2.15. The highest BCUT2D eigenvalue weighted by atomic mass is 16.5. The number of nitrogens with zero attached hydrogens (tertiary/aromatic N) is 1. The van der Waals surface area contributed by atoms with Gasteiger partial charge in [-0.1, -0.05) is 26.7 Å². The van der Waals surface area contributed by atoms with Gasteiger partial charge in [-0.15, -0.1) is 0 Å². The fraction of sp³-hybridized carbons (Fsp3) is 0.706. The van der Waals surface area contributed by atoms with Gasteiger partial charge in [-0.25, -0.2) is 0 Å². The molecule has 0 aromatic carbocycles. The fourth-order valence-electron chi connectivity index (χ4n) is 3.28. The lowest BCUT2D eigenvalue weighted by Gasteiger charge is -2.29. The number of pyridine rings is 1. The molecule has 1 aromatic rings. The van der Waals surface area contributed by atoms with E-state index in [9.17, 15) is 0 Å². The van der Waals surface area contributed by atoms with Gasteiger partial charge in [-0.05, 0) is 49.7 Å². The van der Waals surface area contributed by atoms with Gasteiger partial charge in [0.25, 0.3) is 0 Å². The standard InChI is InChI=1S/C17H28N2O/c1-4-20-16-10-15(11-19-12-16)17(18)8-5-6-14(7-9-17)13(2)3/h10-14H,4-9,18H2,1-3H3. The second kappa shape index (κ2) is 6.57. The lowest BCUT2D eigenvalue weighted by molar-refractivity contribution is 0.321. The monoisotopic (exact) mass is 276 g/mol. The summed E-state index contributed by atoms with van der Waals surface area (Å²) in [6.07, 6.45) is 9.50. The van der Waals surface area contributed by atoms with Gasteiger partial charge >= 0.3 is 0 Å². The molecule has 20 heavy (non-hydrogen) atoms. The van der Waals surface area contributed by atoms with Crippen LogP contribution < -0.4 is 10.5 Å². The van der Waals surface area contributed by atoms with Crippen LogP contribution >= 0.6 is 0 Å². The van der Waals surface area contributed by atoms with Crippen LogP contribution in [0.15, 0.2) is 18.5 Å². The van der Waals surface area contributed by atoms with E-state index in [1.807, 2.05) is 13.1 Å². The van der Waals surface area contributed by atoms with E-state index in [1.165, 1.54) is 19.3 Å². The number of aromatic nitrogens is 1. The van der Waals surface area contributed by atoms with E-state index < -0.39 is 0 Å². The summed E-state index contributed by atoms with van der Waals surface area (Å²) < 4.78 is 5.55. The van der Waals surface area contributed by atoms with Crippen LogP contribution in [0.2, 0.25) is 0 Å². The van der Waals surface area contributed by atoms with Crippen molar-refractivity contribution in [1.82, 2.24) is 4.98 Å². The molecule has 0 bridgehead atoms. The topological polar surface area (TPSA) is 48.1 Å². The minimum absolute atomic E-state index is 0.232. The molecule has 0 spiro atoms. The van der Waals surface area contributed by atoms with Gasteiger partial charge in [0.2, 0.25) is 0 Å². The highest BCUT2D eigenvalue weighted by Gasteiger charge is 2.32. The van der Waals surface area contributed by atoms with E-state index in [0.717, 1.165) is 36.0 Å². The van der Waals surface area contributed by atoms with Gasteiger partial charge in [0.05, 0.1) is 12.8 Å². The lowest BCUT2D eigenvalue weighted by atomic mass is 9.83. The summed E-state index contributed by atoms with van der Waals surface area (Å²) in [6.45, 7) is 7.30. The van der Waals surface area contributed by atoms with Crippen LogP contribution in [0.1, 0.15) is 58.4 Å². The first-order chi connectivity index (χ1) is 9.55. The molecule has 2 atom stereocenters. The van der Waals surface area contributed by atoms with Gasteiger partial charge in [0, 0.05) is 11.7 Å². The first kappa shape index (κ1) is 15.3. The zero-order chi connectivity index (χ0) is 14.6. The third-order valence-corrected chi connectivity index (χ3v) is 4.70. The molecule has 0 amide bonds. The summed E-state index contributed by atoms with van der Waals surface area (Å²) in [5.41, 5.74) is 7.61. The molecule has 1 fully saturated rings. The molecule has 0 radical (unpaired) electrons.